The number of nitrogens with zero attached hydrogens (tertiary/aromatic N) is 3. The fraction of sp³-hybridized carbons (Fsp3) is 0.455. The molecule has 1 aliphatic heterocycles. The number of nitrogens with one attached hydrogen (secondary N) is 1. The zero-order valence-electron chi connectivity index (χ0n) is 18.5. The molecular weight excluding hydrogens is 525 g/mol. The predicted molar refractivity (Wildman–Crippen MR) is 133 cm³/mol. The lowest BCUT2D eigenvalue weighted by Gasteiger charge is -2.19. The van der Waals surface area contributed by atoms with Gasteiger partial charge in [0.15, 0.2) is 22.5 Å². The SMILES string of the molecule is CC(C)(C)CNCCn1c(Sc2cc3c(cc2I)OC(C)(C)O3)nc2c(N)nccc21. The van der Waals surface area contributed by atoms with Gasteiger partial charge >= 0.3 is 0 Å². The highest BCUT2D eigenvalue weighted by atomic mass is 127. The second-order valence-electron chi connectivity index (χ2n) is 9.28. The van der Waals surface area contributed by atoms with E-state index in [9.17, 15) is 0 Å². The van der Waals surface area contributed by atoms with Crippen molar-refractivity contribution in [1.82, 2.24) is 19.9 Å². The summed E-state index contributed by atoms with van der Waals surface area (Å²) in [4.78, 5) is 10.1. The first-order valence-electron chi connectivity index (χ1n) is 10.2. The summed E-state index contributed by atoms with van der Waals surface area (Å²) in [5.74, 6) is 1.32. The lowest BCUT2D eigenvalue weighted by Crippen LogP contribution is -2.29. The predicted octanol–water partition coefficient (Wildman–Crippen LogP) is 4.91. The number of nitrogens with two attached hydrogens (primary N) is 1. The molecule has 2 aromatic heterocycles. The second kappa shape index (κ2) is 8.32. The number of anilines is 1. The van der Waals surface area contributed by atoms with E-state index in [1.54, 1.807) is 18.0 Å². The van der Waals surface area contributed by atoms with E-state index in [0.717, 1.165) is 55.8 Å². The van der Waals surface area contributed by atoms with Crippen LogP contribution in [-0.2, 0) is 6.54 Å². The maximum atomic E-state index is 6.13. The highest BCUT2D eigenvalue weighted by molar-refractivity contribution is 14.1. The molecule has 0 atom stereocenters. The average molecular weight is 553 g/mol. The fourth-order valence-electron chi connectivity index (χ4n) is 3.40. The number of nitrogen functional groups attached to an aromatic ring is 1. The molecule has 7 nitrogen and oxygen atoms in total. The van der Waals surface area contributed by atoms with E-state index in [2.05, 4.69) is 58.2 Å². The van der Waals surface area contributed by atoms with E-state index < -0.39 is 5.79 Å². The van der Waals surface area contributed by atoms with Crippen molar-refractivity contribution in [1.29, 1.82) is 0 Å². The maximum Gasteiger partial charge on any atom is 0.246 e. The Morgan fingerprint density at radius 3 is 2.65 bits per heavy atom. The van der Waals surface area contributed by atoms with Crippen LogP contribution in [0.3, 0.4) is 0 Å². The molecule has 0 radical (unpaired) electrons. The Hall–Kier alpha value is -1.72. The van der Waals surface area contributed by atoms with Crippen molar-refractivity contribution in [2.24, 2.45) is 5.41 Å². The van der Waals surface area contributed by atoms with E-state index in [0.29, 0.717) is 5.82 Å². The van der Waals surface area contributed by atoms with Gasteiger partial charge in [0.1, 0.15) is 5.52 Å². The molecule has 0 unspecified atom stereocenters. The number of rotatable bonds is 6. The van der Waals surface area contributed by atoms with Gasteiger partial charge in [0.2, 0.25) is 5.79 Å². The number of halogens is 1. The number of benzene rings is 1. The van der Waals surface area contributed by atoms with Crippen LogP contribution in [0.15, 0.2) is 34.4 Å². The van der Waals surface area contributed by atoms with E-state index in [4.69, 9.17) is 20.2 Å². The molecule has 0 saturated heterocycles. The summed E-state index contributed by atoms with van der Waals surface area (Å²) in [6.45, 7) is 13.1. The standard InChI is InChI=1S/C22H28IN5O2S/c1-21(2,3)12-25-8-9-28-14-6-7-26-19(24)18(14)27-20(28)31-17-11-16-15(10-13(17)23)29-22(4,5)30-16/h6-7,10-11,25H,8-9,12H2,1-5H3,(H2,24,26). The van der Waals surface area contributed by atoms with Crippen LogP contribution in [0.2, 0.25) is 0 Å². The van der Waals surface area contributed by atoms with Crippen LogP contribution in [0.1, 0.15) is 34.6 Å². The zero-order valence-corrected chi connectivity index (χ0v) is 21.4. The Morgan fingerprint density at radius 2 is 1.94 bits per heavy atom. The molecule has 0 amide bonds. The van der Waals surface area contributed by atoms with E-state index >= 15 is 0 Å². The third-order valence-corrected chi connectivity index (χ3v) is 7.05. The normalized spacial score (nSPS) is 15.0. The van der Waals surface area contributed by atoms with Crippen molar-refractivity contribution in [3.63, 3.8) is 0 Å². The Balaban J connectivity index is 1.64. The van der Waals surface area contributed by atoms with Crippen LogP contribution in [0.25, 0.3) is 11.0 Å². The van der Waals surface area contributed by atoms with E-state index in [1.807, 2.05) is 32.0 Å². The molecule has 0 spiro atoms. The van der Waals surface area contributed by atoms with Gasteiger partial charge < -0.3 is 25.1 Å². The minimum Gasteiger partial charge on any atom is -0.449 e. The minimum absolute atomic E-state index is 0.235. The molecule has 1 aliphatic rings. The molecule has 3 N–H and O–H groups in total. The quantitative estimate of drug-likeness (QED) is 0.331. The highest BCUT2D eigenvalue weighted by Gasteiger charge is 2.32. The van der Waals surface area contributed by atoms with Crippen molar-refractivity contribution < 1.29 is 9.47 Å². The van der Waals surface area contributed by atoms with Crippen LogP contribution < -0.4 is 20.5 Å². The molecule has 0 saturated carbocycles. The number of imidazole rings is 1. The molecule has 0 bridgehead atoms. The molecule has 4 rings (SSSR count). The first kappa shape index (κ1) is 22.5. The van der Waals surface area contributed by atoms with E-state index in [-0.39, 0.29) is 5.41 Å². The summed E-state index contributed by atoms with van der Waals surface area (Å²) in [7, 11) is 0. The molecule has 0 aliphatic carbocycles. The molecular formula is C22H28IN5O2S. The van der Waals surface area contributed by atoms with Gasteiger partial charge in [-0.15, -0.1) is 0 Å². The number of hydrogen-bond acceptors (Lipinski definition) is 7. The monoisotopic (exact) mass is 553 g/mol. The number of pyridine rings is 1. The lowest BCUT2D eigenvalue weighted by atomic mass is 9.97. The van der Waals surface area contributed by atoms with Crippen LogP contribution >= 0.6 is 34.4 Å². The third-order valence-electron chi connectivity index (χ3n) is 4.74. The molecule has 3 heterocycles. The van der Waals surface area contributed by atoms with Crippen LogP contribution in [-0.4, -0.2) is 33.4 Å². The number of hydrogen-bond donors (Lipinski definition) is 2. The first-order valence-corrected chi connectivity index (χ1v) is 12.1. The highest BCUT2D eigenvalue weighted by Crippen LogP contribution is 2.45. The van der Waals surface area contributed by atoms with Gasteiger partial charge in [-0.1, -0.05) is 32.5 Å². The summed E-state index contributed by atoms with van der Waals surface area (Å²) < 4.78 is 15.1. The molecule has 0 fully saturated rings. The van der Waals surface area contributed by atoms with Gasteiger partial charge in [-0.3, -0.25) is 0 Å². The van der Waals surface area contributed by atoms with Crippen molar-refractivity contribution >= 4 is 51.2 Å². The van der Waals surface area contributed by atoms with Crippen LogP contribution in [0, 0.1) is 8.99 Å². The van der Waals surface area contributed by atoms with Gasteiger partial charge in [0.05, 0.1) is 5.52 Å². The maximum absolute atomic E-state index is 6.13. The number of fused-ring (bicyclic) bond motifs is 2. The van der Waals surface area contributed by atoms with Gasteiger partial charge in [0.25, 0.3) is 0 Å². The smallest absolute Gasteiger partial charge is 0.246 e. The Bertz CT molecular complexity index is 1120. The fourth-order valence-corrected chi connectivity index (χ4v) is 5.13. The average Bonchev–Trinajstić information content (AvgIpc) is 3.15. The Kier molecular flexibility index (Phi) is 6.04. The topological polar surface area (TPSA) is 87.2 Å². The van der Waals surface area contributed by atoms with E-state index in [1.165, 1.54) is 0 Å². The zero-order chi connectivity index (χ0) is 22.4. The van der Waals surface area contributed by atoms with Crippen molar-refractivity contribution in [3.05, 3.63) is 28.0 Å². The summed E-state index contributed by atoms with van der Waals surface area (Å²) in [6.07, 6.45) is 1.74. The first-order chi connectivity index (χ1) is 14.5. The Morgan fingerprint density at radius 1 is 1.23 bits per heavy atom. The van der Waals surface area contributed by atoms with Crippen molar-refractivity contribution in [3.8, 4) is 11.5 Å². The van der Waals surface area contributed by atoms with Gasteiger partial charge in [-0.05, 0) is 46.2 Å². The van der Waals surface area contributed by atoms with Gasteiger partial charge in [0, 0.05) is 48.1 Å². The molecule has 3 aromatic rings. The Labute approximate surface area is 200 Å². The second-order valence-corrected chi connectivity index (χ2v) is 11.5. The van der Waals surface area contributed by atoms with Crippen LogP contribution in [0.4, 0.5) is 5.82 Å². The third kappa shape index (κ3) is 5.04. The van der Waals surface area contributed by atoms with Crippen molar-refractivity contribution in [2.45, 2.75) is 57.0 Å². The van der Waals surface area contributed by atoms with Gasteiger partial charge in [-0.2, -0.15) is 0 Å². The molecule has 1 aromatic carbocycles. The summed E-state index contributed by atoms with van der Waals surface area (Å²) >= 11 is 3.93. The number of aromatic nitrogens is 3. The summed E-state index contributed by atoms with van der Waals surface area (Å²) in [6, 6.07) is 6.01. The van der Waals surface area contributed by atoms with Crippen LogP contribution in [0.5, 0.6) is 11.5 Å². The molecule has 166 valence electrons. The molecule has 9 heteroatoms. The summed E-state index contributed by atoms with van der Waals surface area (Å²) in [5.41, 5.74) is 8.09. The minimum atomic E-state index is -0.652. The summed E-state index contributed by atoms with van der Waals surface area (Å²) in [5, 5.41) is 4.42. The van der Waals surface area contributed by atoms with Gasteiger partial charge in [-0.25, -0.2) is 9.97 Å². The molecule has 31 heavy (non-hydrogen) atoms. The number of ether oxygens (including phenoxy) is 2. The lowest BCUT2D eigenvalue weighted by molar-refractivity contribution is -0.0432. The van der Waals surface area contributed by atoms with Crippen molar-refractivity contribution in [2.75, 3.05) is 18.8 Å². The largest absolute Gasteiger partial charge is 0.449 e.